The molecule has 18 heavy (non-hydrogen) atoms. The third-order valence-electron chi connectivity index (χ3n) is 3.92. The molecule has 0 saturated heterocycles. The number of benzene rings is 1. The average molecular weight is 242 g/mol. The van der Waals surface area contributed by atoms with Gasteiger partial charge in [-0.15, -0.1) is 0 Å². The van der Waals surface area contributed by atoms with Crippen molar-refractivity contribution in [3.8, 4) is 6.07 Å². The molecule has 96 valence electrons. The van der Waals surface area contributed by atoms with E-state index in [9.17, 15) is 0 Å². The van der Waals surface area contributed by atoms with Crippen molar-refractivity contribution in [2.24, 2.45) is 5.92 Å². The van der Waals surface area contributed by atoms with Crippen LogP contribution in [0.1, 0.15) is 50.1 Å². The molecule has 2 nitrogen and oxygen atoms in total. The van der Waals surface area contributed by atoms with Gasteiger partial charge in [-0.1, -0.05) is 56.0 Å². The van der Waals surface area contributed by atoms with Gasteiger partial charge in [0.25, 0.3) is 0 Å². The van der Waals surface area contributed by atoms with Crippen molar-refractivity contribution >= 4 is 0 Å². The maximum absolute atomic E-state index is 8.92. The smallest absolute Gasteiger partial charge is 0.0641 e. The molecule has 0 heterocycles. The van der Waals surface area contributed by atoms with E-state index >= 15 is 0 Å². The normalized spacial score (nSPS) is 17.5. The first kappa shape index (κ1) is 13.1. The third-order valence-corrected chi connectivity index (χ3v) is 3.92. The quantitative estimate of drug-likeness (QED) is 0.823. The minimum absolute atomic E-state index is 0.192. The summed E-state index contributed by atoms with van der Waals surface area (Å²) in [7, 11) is 0. The van der Waals surface area contributed by atoms with Gasteiger partial charge >= 0.3 is 0 Å². The van der Waals surface area contributed by atoms with Crippen LogP contribution in [0, 0.1) is 17.2 Å². The van der Waals surface area contributed by atoms with Gasteiger partial charge in [0.2, 0.25) is 0 Å². The molecule has 1 fully saturated rings. The molecule has 2 heteroatoms. The van der Waals surface area contributed by atoms with E-state index in [0.29, 0.717) is 6.42 Å². The highest BCUT2D eigenvalue weighted by molar-refractivity contribution is 5.19. The second-order valence-electron chi connectivity index (χ2n) is 5.22. The molecule has 1 N–H and O–H groups in total. The molecule has 1 saturated carbocycles. The molecule has 1 aliphatic rings. The Hall–Kier alpha value is -1.33. The highest BCUT2D eigenvalue weighted by Crippen LogP contribution is 2.27. The number of hydrogen-bond donors (Lipinski definition) is 1. The lowest BCUT2D eigenvalue weighted by Gasteiger charge is -2.17. The predicted octanol–water partition coefficient (Wildman–Crippen LogP) is 3.81. The zero-order valence-electron chi connectivity index (χ0n) is 10.9. The molecule has 0 amide bonds. The average Bonchev–Trinajstić information content (AvgIpc) is 2.92. The molecule has 0 bridgehead atoms. The summed E-state index contributed by atoms with van der Waals surface area (Å²) in [6.07, 6.45) is 7.42. The van der Waals surface area contributed by atoms with Gasteiger partial charge in [0.1, 0.15) is 0 Å². The van der Waals surface area contributed by atoms with Crippen molar-refractivity contribution in [2.45, 2.75) is 44.6 Å². The predicted molar refractivity (Wildman–Crippen MR) is 74.0 cm³/mol. The van der Waals surface area contributed by atoms with Crippen LogP contribution in [-0.4, -0.2) is 6.54 Å². The molecular formula is C16H22N2. The molecule has 1 aromatic rings. The largest absolute Gasteiger partial charge is 0.309 e. The van der Waals surface area contributed by atoms with Crippen molar-refractivity contribution in [1.29, 1.82) is 5.26 Å². The first-order valence-corrected chi connectivity index (χ1v) is 7.05. The second kappa shape index (κ2) is 7.18. The Morgan fingerprint density at radius 3 is 2.61 bits per heavy atom. The Labute approximate surface area is 110 Å². The minimum atomic E-state index is 0.192. The van der Waals surface area contributed by atoms with Gasteiger partial charge in [-0.25, -0.2) is 0 Å². The van der Waals surface area contributed by atoms with Crippen LogP contribution in [-0.2, 0) is 0 Å². The highest BCUT2D eigenvalue weighted by Gasteiger charge is 2.15. The SMILES string of the molecule is N#CCC(NCCC1CCCC1)c1ccccc1. The fourth-order valence-electron chi connectivity index (χ4n) is 2.85. The lowest BCUT2D eigenvalue weighted by molar-refractivity contribution is 0.446. The summed E-state index contributed by atoms with van der Waals surface area (Å²) in [6, 6.07) is 12.8. The maximum Gasteiger partial charge on any atom is 0.0641 e. The Bertz CT molecular complexity index is 374. The zero-order chi connectivity index (χ0) is 12.6. The van der Waals surface area contributed by atoms with Crippen LogP contribution in [0.2, 0.25) is 0 Å². The van der Waals surface area contributed by atoms with Crippen LogP contribution in [0.15, 0.2) is 30.3 Å². The van der Waals surface area contributed by atoms with Crippen LogP contribution in [0.4, 0.5) is 0 Å². The fourth-order valence-corrected chi connectivity index (χ4v) is 2.85. The molecule has 2 rings (SSSR count). The van der Waals surface area contributed by atoms with Gasteiger partial charge in [0.05, 0.1) is 12.5 Å². The topological polar surface area (TPSA) is 35.8 Å². The number of nitrogens with one attached hydrogen (secondary N) is 1. The van der Waals surface area contributed by atoms with Crippen LogP contribution in [0.25, 0.3) is 0 Å². The monoisotopic (exact) mass is 242 g/mol. The highest BCUT2D eigenvalue weighted by atomic mass is 14.9. The summed E-state index contributed by atoms with van der Waals surface area (Å²) in [5, 5.41) is 12.5. The van der Waals surface area contributed by atoms with E-state index in [1.807, 2.05) is 18.2 Å². The van der Waals surface area contributed by atoms with E-state index < -0.39 is 0 Å². The Kier molecular flexibility index (Phi) is 5.23. The first-order valence-electron chi connectivity index (χ1n) is 7.05. The molecule has 0 aliphatic heterocycles. The van der Waals surface area contributed by atoms with Crippen molar-refractivity contribution < 1.29 is 0 Å². The Balaban J connectivity index is 1.81. The molecule has 0 radical (unpaired) electrons. The van der Waals surface area contributed by atoms with Crippen molar-refractivity contribution in [3.05, 3.63) is 35.9 Å². The van der Waals surface area contributed by atoms with Gasteiger partial charge in [0, 0.05) is 6.04 Å². The molecule has 1 aliphatic carbocycles. The summed E-state index contributed by atoms with van der Waals surface area (Å²) in [6.45, 7) is 1.03. The zero-order valence-corrected chi connectivity index (χ0v) is 10.9. The number of hydrogen-bond acceptors (Lipinski definition) is 2. The third kappa shape index (κ3) is 3.85. The summed E-state index contributed by atoms with van der Waals surface area (Å²) in [4.78, 5) is 0. The number of nitriles is 1. The van der Waals surface area contributed by atoms with Crippen molar-refractivity contribution in [2.75, 3.05) is 6.54 Å². The summed E-state index contributed by atoms with van der Waals surface area (Å²) in [5.74, 6) is 0.913. The van der Waals surface area contributed by atoms with Crippen LogP contribution < -0.4 is 5.32 Å². The lowest BCUT2D eigenvalue weighted by atomic mass is 10.0. The van der Waals surface area contributed by atoms with E-state index in [4.69, 9.17) is 5.26 Å². The van der Waals surface area contributed by atoms with E-state index in [1.54, 1.807) is 0 Å². The van der Waals surface area contributed by atoms with E-state index in [0.717, 1.165) is 12.5 Å². The lowest BCUT2D eigenvalue weighted by Crippen LogP contribution is -2.23. The maximum atomic E-state index is 8.92. The summed E-state index contributed by atoms with van der Waals surface area (Å²) < 4.78 is 0. The number of nitrogens with zero attached hydrogens (tertiary/aromatic N) is 1. The second-order valence-corrected chi connectivity index (χ2v) is 5.22. The molecule has 1 unspecified atom stereocenters. The van der Waals surface area contributed by atoms with E-state index in [2.05, 4.69) is 23.5 Å². The molecule has 0 spiro atoms. The van der Waals surface area contributed by atoms with Gasteiger partial charge in [-0.05, 0) is 24.4 Å². The Morgan fingerprint density at radius 1 is 1.22 bits per heavy atom. The fraction of sp³-hybridized carbons (Fsp3) is 0.562. The van der Waals surface area contributed by atoms with Gasteiger partial charge < -0.3 is 5.32 Å². The van der Waals surface area contributed by atoms with Crippen LogP contribution in [0.5, 0.6) is 0 Å². The van der Waals surface area contributed by atoms with Crippen LogP contribution >= 0.6 is 0 Å². The van der Waals surface area contributed by atoms with Crippen molar-refractivity contribution in [3.63, 3.8) is 0 Å². The van der Waals surface area contributed by atoms with Crippen molar-refractivity contribution in [1.82, 2.24) is 5.32 Å². The summed E-state index contributed by atoms with van der Waals surface area (Å²) >= 11 is 0. The molecule has 1 atom stereocenters. The minimum Gasteiger partial charge on any atom is -0.309 e. The standard InChI is InChI=1S/C16H22N2/c17-12-10-16(15-8-2-1-3-9-15)18-13-11-14-6-4-5-7-14/h1-3,8-9,14,16,18H,4-7,10-11,13H2. The number of rotatable bonds is 6. The molecule has 0 aromatic heterocycles. The molecular weight excluding hydrogens is 220 g/mol. The van der Waals surface area contributed by atoms with Crippen LogP contribution in [0.3, 0.4) is 0 Å². The molecule has 1 aromatic carbocycles. The van der Waals surface area contributed by atoms with Gasteiger partial charge in [-0.3, -0.25) is 0 Å². The Morgan fingerprint density at radius 2 is 1.94 bits per heavy atom. The van der Waals surface area contributed by atoms with E-state index in [1.165, 1.54) is 37.7 Å². The summed E-state index contributed by atoms with van der Waals surface area (Å²) in [5.41, 5.74) is 1.23. The first-order chi connectivity index (χ1) is 8.90. The van der Waals surface area contributed by atoms with Gasteiger partial charge in [0.15, 0.2) is 0 Å². The van der Waals surface area contributed by atoms with E-state index in [-0.39, 0.29) is 6.04 Å². The van der Waals surface area contributed by atoms with Gasteiger partial charge in [-0.2, -0.15) is 5.26 Å².